The minimum absolute atomic E-state index is 0.270. The van der Waals surface area contributed by atoms with Crippen molar-refractivity contribution in [2.45, 2.75) is 50.6 Å². The largest absolute Gasteiger partial charge is 0.300 e. The molecule has 0 N–H and O–H groups in total. The standard InChI is InChI=1S/C16H22N2O/c1-18-14-5-2-6-15(18)10-13(9-14)16(19)8-12-4-3-7-17-11-12/h3-4,7,11,13-15H,2,5-6,8-10H2,1H3. The minimum atomic E-state index is 0.270. The van der Waals surface area contributed by atoms with E-state index in [1.807, 2.05) is 18.3 Å². The van der Waals surface area contributed by atoms with Crippen LogP contribution in [0.2, 0.25) is 0 Å². The first-order valence-corrected chi connectivity index (χ1v) is 7.37. The van der Waals surface area contributed by atoms with E-state index in [9.17, 15) is 4.79 Å². The average molecular weight is 258 g/mol. The molecule has 2 bridgehead atoms. The number of nitrogens with zero attached hydrogens (tertiary/aromatic N) is 2. The van der Waals surface area contributed by atoms with Gasteiger partial charge < -0.3 is 4.90 Å². The SMILES string of the molecule is CN1C2CCCC1CC(C(=O)Cc1cccnc1)C2. The van der Waals surface area contributed by atoms with Gasteiger partial charge in [-0.25, -0.2) is 0 Å². The summed E-state index contributed by atoms with van der Waals surface area (Å²) >= 11 is 0. The first-order valence-electron chi connectivity index (χ1n) is 7.37. The summed E-state index contributed by atoms with van der Waals surface area (Å²) in [5.41, 5.74) is 1.05. The molecule has 0 amide bonds. The molecule has 0 spiro atoms. The number of Topliss-reactive ketones (excluding diaryl/α,β-unsaturated/α-hetero) is 1. The fraction of sp³-hybridized carbons (Fsp3) is 0.625. The number of aromatic nitrogens is 1. The van der Waals surface area contributed by atoms with Gasteiger partial charge in [-0.15, -0.1) is 0 Å². The van der Waals surface area contributed by atoms with Crippen molar-refractivity contribution >= 4 is 5.78 Å². The third kappa shape index (κ3) is 2.71. The van der Waals surface area contributed by atoms with Gasteiger partial charge in [0, 0.05) is 36.8 Å². The van der Waals surface area contributed by atoms with Gasteiger partial charge in [-0.3, -0.25) is 9.78 Å². The normalized spacial score (nSPS) is 31.1. The van der Waals surface area contributed by atoms with Gasteiger partial charge in [-0.05, 0) is 44.4 Å². The van der Waals surface area contributed by atoms with Crippen molar-refractivity contribution in [3.8, 4) is 0 Å². The molecular weight excluding hydrogens is 236 g/mol. The lowest BCUT2D eigenvalue weighted by Crippen LogP contribution is -2.51. The van der Waals surface area contributed by atoms with Gasteiger partial charge in [-0.1, -0.05) is 12.5 Å². The van der Waals surface area contributed by atoms with Gasteiger partial charge in [0.05, 0.1) is 0 Å². The monoisotopic (exact) mass is 258 g/mol. The fourth-order valence-electron chi connectivity index (χ4n) is 3.73. The summed E-state index contributed by atoms with van der Waals surface area (Å²) in [6.45, 7) is 0. The Kier molecular flexibility index (Phi) is 3.65. The Morgan fingerprint density at radius 1 is 1.37 bits per heavy atom. The predicted molar refractivity (Wildman–Crippen MR) is 74.9 cm³/mol. The molecule has 0 radical (unpaired) electrons. The number of hydrogen-bond acceptors (Lipinski definition) is 3. The van der Waals surface area contributed by atoms with Gasteiger partial charge in [0.1, 0.15) is 5.78 Å². The zero-order valence-electron chi connectivity index (χ0n) is 11.6. The summed E-state index contributed by atoms with van der Waals surface area (Å²) in [5, 5.41) is 0. The molecule has 2 unspecified atom stereocenters. The smallest absolute Gasteiger partial charge is 0.140 e. The first-order chi connectivity index (χ1) is 9.24. The summed E-state index contributed by atoms with van der Waals surface area (Å²) in [5.74, 6) is 0.685. The van der Waals surface area contributed by atoms with Crippen LogP contribution in [0.1, 0.15) is 37.7 Å². The molecule has 2 fully saturated rings. The second-order valence-corrected chi connectivity index (χ2v) is 6.08. The van der Waals surface area contributed by atoms with Crippen LogP contribution in [0, 0.1) is 5.92 Å². The van der Waals surface area contributed by atoms with Crippen LogP contribution < -0.4 is 0 Å². The summed E-state index contributed by atoms with van der Waals surface area (Å²) < 4.78 is 0. The van der Waals surface area contributed by atoms with Crippen LogP contribution in [0.5, 0.6) is 0 Å². The Morgan fingerprint density at radius 3 is 2.74 bits per heavy atom. The van der Waals surface area contributed by atoms with Crippen LogP contribution in [0.3, 0.4) is 0 Å². The lowest BCUT2D eigenvalue weighted by Gasteiger charge is -2.46. The second-order valence-electron chi connectivity index (χ2n) is 6.08. The molecule has 0 aromatic carbocycles. The molecule has 0 saturated carbocycles. The van der Waals surface area contributed by atoms with E-state index >= 15 is 0 Å². The van der Waals surface area contributed by atoms with Gasteiger partial charge in [0.25, 0.3) is 0 Å². The van der Waals surface area contributed by atoms with Gasteiger partial charge in [-0.2, -0.15) is 0 Å². The van der Waals surface area contributed by atoms with E-state index in [-0.39, 0.29) is 5.92 Å². The number of carbonyl (C=O) groups is 1. The molecule has 0 aliphatic carbocycles. The molecule has 3 nitrogen and oxygen atoms in total. The van der Waals surface area contributed by atoms with Crippen LogP contribution in [0.15, 0.2) is 24.5 Å². The zero-order valence-corrected chi connectivity index (χ0v) is 11.6. The number of carbonyl (C=O) groups excluding carboxylic acids is 1. The van der Waals surface area contributed by atoms with Gasteiger partial charge >= 0.3 is 0 Å². The molecule has 1 aromatic rings. The highest BCUT2D eigenvalue weighted by molar-refractivity contribution is 5.83. The van der Waals surface area contributed by atoms with Crippen molar-refractivity contribution in [3.63, 3.8) is 0 Å². The fourth-order valence-corrected chi connectivity index (χ4v) is 3.73. The van der Waals surface area contributed by atoms with E-state index in [4.69, 9.17) is 0 Å². The molecule has 2 atom stereocenters. The van der Waals surface area contributed by atoms with Crippen LogP contribution >= 0.6 is 0 Å². The molecule has 19 heavy (non-hydrogen) atoms. The number of hydrogen-bond donors (Lipinski definition) is 0. The minimum Gasteiger partial charge on any atom is -0.300 e. The van der Waals surface area contributed by atoms with E-state index in [0.717, 1.165) is 18.4 Å². The van der Waals surface area contributed by atoms with Crippen molar-refractivity contribution in [1.29, 1.82) is 0 Å². The summed E-state index contributed by atoms with van der Waals surface area (Å²) in [4.78, 5) is 19.1. The van der Waals surface area contributed by atoms with Crippen LogP contribution in [0.25, 0.3) is 0 Å². The quantitative estimate of drug-likeness (QED) is 0.835. The first kappa shape index (κ1) is 12.8. The van der Waals surface area contributed by atoms with Crippen molar-refractivity contribution in [3.05, 3.63) is 30.1 Å². The Hall–Kier alpha value is -1.22. The van der Waals surface area contributed by atoms with E-state index < -0.39 is 0 Å². The third-order valence-corrected chi connectivity index (χ3v) is 4.90. The van der Waals surface area contributed by atoms with Crippen LogP contribution in [-0.4, -0.2) is 34.8 Å². The number of ketones is 1. The average Bonchev–Trinajstić information content (AvgIpc) is 2.39. The number of fused-ring (bicyclic) bond motifs is 2. The Labute approximate surface area is 115 Å². The lowest BCUT2D eigenvalue weighted by molar-refractivity contribution is -0.125. The Morgan fingerprint density at radius 2 is 2.11 bits per heavy atom. The molecule has 1 aromatic heterocycles. The summed E-state index contributed by atoms with van der Waals surface area (Å²) in [6, 6.07) is 5.18. The molecule has 2 aliphatic rings. The molecule has 3 rings (SSSR count). The number of pyridine rings is 1. The van der Waals surface area contributed by atoms with E-state index in [2.05, 4.69) is 16.9 Å². The van der Waals surface area contributed by atoms with Crippen LogP contribution in [-0.2, 0) is 11.2 Å². The highest BCUT2D eigenvalue weighted by atomic mass is 16.1. The van der Waals surface area contributed by atoms with Crippen molar-refractivity contribution in [1.82, 2.24) is 9.88 Å². The maximum atomic E-state index is 12.5. The van der Waals surface area contributed by atoms with Crippen LogP contribution in [0.4, 0.5) is 0 Å². The Balaban J connectivity index is 1.65. The third-order valence-electron chi connectivity index (χ3n) is 4.90. The van der Waals surface area contributed by atoms with Crippen molar-refractivity contribution < 1.29 is 4.79 Å². The predicted octanol–water partition coefficient (Wildman–Crippen LogP) is 2.46. The topological polar surface area (TPSA) is 33.2 Å². The molecule has 3 heteroatoms. The van der Waals surface area contributed by atoms with Crippen molar-refractivity contribution in [2.75, 3.05) is 7.05 Å². The highest BCUT2D eigenvalue weighted by Crippen LogP contribution is 2.36. The number of rotatable bonds is 3. The summed E-state index contributed by atoms with van der Waals surface area (Å²) in [7, 11) is 2.23. The molecule has 3 heterocycles. The van der Waals surface area contributed by atoms with Gasteiger partial charge in [0.15, 0.2) is 0 Å². The molecule has 2 saturated heterocycles. The van der Waals surface area contributed by atoms with E-state index in [1.165, 1.54) is 19.3 Å². The second kappa shape index (κ2) is 5.41. The van der Waals surface area contributed by atoms with Crippen molar-refractivity contribution in [2.24, 2.45) is 5.92 Å². The molecular formula is C16H22N2O. The maximum Gasteiger partial charge on any atom is 0.140 e. The maximum absolute atomic E-state index is 12.5. The molecule has 102 valence electrons. The highest BCUT2D eigenvalue weighted by Gasteiger charge is 2.38. The number of piperidine rings is 2. The van der Waals surface area contributed by atoms with E-state index in [1.54, 1.807) is 6.20 Å². The lowest BCUT2D eigenvalue weighted by atomic mass is 9.76. The molecule has 2 aliphatic heterocycles. The Bertz CT molecular complexity index is 431. The summed E-state index contributed by atoms with van der Waals surface area (Å²) in [6.07, 6.45) is 10.1. The van der Waals surface area contributed by atoms with E-state index in [0.29, 0.717) is 24.3 Å². The van der Waals surface area contributed by atoms with Gasteiger partial charge in [0.2, 0.25) is 0 Å². The zero-order chi connectivity index (χ0) is 13.2.